The van der Waals surface area contributed by atoms with Gasteiger partial charge in [-0.2, -0.15) is 0 Å². The average molecular weight is 445 g/mol. The molecule has 2 N–H and O–H groups in total. The Morgan fingerprint density at radius 3 is 2.60 bits per heavy atom. The molecule has 0 saturated heterocycles. The number of hydrogen-bond acceptors (Lipinski definition) is 5. The highest BCUT2D eigenvalue weighted by Gasteiger charge is 2.24. The fourth-order valence-corrected chi connectivity index (χ4v) is 4.79. The Hall–Kier alpha value is -0.680. The van der Waals surface area contributed by atoms with E-state index in [-0.39, 0.29) is 16.1 Å². The van der Waals surface area contributed by atoms with Crippen molar-refractivity contribution in [3.05, 3.63) is 37.3 Å². The Balaban J connectivity index is 2.20. The molecule has 6 nitrogen and oxygen atoms in total. The molecule has 0 unspecified atom stereocenters. The monoisotopic (exact) mass is 443 g/mol. The van der Waals surface area contributed by atoms with Crippen molar-refractivity contribution in [2.24, 2.45) is 0 Å². The molecule has 0 aliphatic rings. The minimum absolute atomic E-state index is 0.110. The summed E-state index contributed by atoms with van der Waals surface area (Å²) in [5, 5.41) is 8.77. The lowest BCUT2D eigenvalue weighted by atomic mass is 10.5. The standard InChI is InChI=1S/C10H7Br2NO5S2/c11-8-2-1-5(19-8)4-13-20(16,17)7-3-6(10(14)15)18-9(7)12/h1-3,13H,4H2,(H,14,15). The molecule has 0 bridgehead atoms. The minimum Gasteiger partial charge on any atom is -0.475 e. The Kier molecular flexibility index (Phi) is 4.69. The molecule has 0 aromatic carbocycles. The SMILES string of the molecule is O=C(O)c1cc(S(=O)(=O)NCc2ccc(Br)s2)c(Br)o1. The number of carboxylic acids is 1. The molecular formula is C10H7Br2NO5S2. The molecule has 0 fully saturated rings. The first kappa shape index (κ1) is 15.7. The van der Waals surface area contributed by atoms with Gasteiger partial charge in [-0.3, -0.25) is 0 Å². The number of thiophene rings is 1. The number of rotatable bonds is 5. The van der Waals surface area contributed by atoms with Gasteiger partial charge < -0.3 is 9.52 Å². The summed E-state index contributed by atoms with van der Waals surface area (Å²) in [5.41, 5.74) is 0. The molecule has 2 rings (SSSR count). The van der Waals surface area contributed by atoms with Crippen molar-refractivity contribution in [3.63, 3.8) is 0 Å². The number of nitrogens with one attached hydrogen (secondary N) is 1. The van der Waals surface area contributed by atoms with Crippen molar-refractivity contribution in [2.75, 3.05) is 0 Å². The summed E-state index contributed by atoms with van der Waals surface area (Å²) >= 11 is 7.58. The third-order valence-corrected chi connectivity index (χ3v) is 6.10. The summed E-state index contributed by atoms with van der Waals surface area (Å²) < 4.78 is 32.1. The number of hydrogen-bond donors (Lipinski definition) is 2. The average Bonchev–Trinajstić information content (AvgIpc) is 2.93. The maximum absolute atomic E-state index is 12.1. The Morgan fingerprint density at radius 1 is 1.40 bits per heavy atom. The number of sulfonamides is 1. The summed E-state index contributed by atoms with van der Waals surface area (Å²) in [6.07, 6.45) is 0. The molecule has 2 aromatic heterocycles. The van der Waals surface area contributed by atoms with Crippen LogP contribution >= 0.6 is 43.2 Å². The van der Waals surface area contributed by atoms with E-state index >= 15 is 0 Å². The summed E-state index contributed by atoms with van der Waals surface area (Å²) in [6, 6.07) is 4.55. The van der Waals surface area contributed by atoms with Gasteiger partial charge in [0.05, 0.1) is 3.79 Å². The molecule has 10 heteroatoms. The van der Waals surface area contributed by atoms with Crippen LogP contribution < -0.4 is 4.72 Å². The number of carboxylic acid groups (broad SMARTS) is 1. The van der Waals surface area contributed by atoms with Gasteiger partial charge in [0, 0.05) is 17.5 Å². The zero-order valence-corrected chi connectivity index (χ0v) is 14.4. The van der Waals surface area contributed by atoms with Gasteiger partial charge in [-0.1, -0.05) is 0 Å². The van der Waals surface area contributed by atoms with E-state index in [0.29, 0.717) is 0 Å². The summed E-state index contributed by atoms with van der Waals surface area (Å²) in [5.74, 6) is -1.79. The van der Waals surface area contributed by atoms with Crippen LogP contribution in [-0.4, -0.2) is 19.5 Å². The molecule has 0 atom stereocenters. The highest BCUT2D eigenvalue weighted by atomic mass is 79.9. The van der Waals surface area contributed by atoms with Crippen LogP contribution in [0.4, 0.5) is 0 Å². The van der Waals surface area contributed by atoms with E-state index in [9.17, 15) is 13.2 Å². The summed E-state index contributed by atoms with van der Waals surface area (Å²) in [4.78, 5) is 11.3. The lowest BCUT2D eigenvalue weighted by Crippen LogP contribution is -2.22. The third-order valence-electron chi connectivity index (χ3n) is 2.22. The van der Waals surface area contributed by atoms with Crippen LogP contribution in [0.2, 0.25) is 0 Å². The van der Waals surface area contributed by atoms with E-state index in [1.807, 2.05) is 6.07 Å². The fourth-order valence-electron chi connectivity index (χ4n) is 1.33. The minimum atomic E-state index is -3.86. The van der Waals surface area contributed by atoms with E-state index < -0.39 is 21.8 Å². The van der Waals surface area contributed by atoms with Gasteiger partial charge in [0.1, 0.15) is 4.90 Å². The first-order chi connectivity index (χ1) is 9.29. The summed E-state index contributed by atoms with van der Waals surface area (Å²) in [6.45, 7) is 0.110. The van der Waals surface area contributed by atoms with Crippen molar-refractivity contribution in [2.45, 2.75) is 11.4 Å². The van der Waals surface area contributed by atoms with Gasteiger partial charge in [0.25, 0.3) is 0 Å². The van der Waals surface area contributed by atoms with E-state index in [1.54, 1.807) is 6.07 Å². The van der Waals surface area contributed by atoms with Crippen LogP contribution in [0.1, 0.15) is 15.4 Å². The second kappa shape index (κ2) is 5.98. The smallest absolute Gasteiger partial charge is 0.371 e. The number of halogens is 2. The quantitative estimate of drug-likeness (QED) is 0.738. The molecule has 2 aromatic rings. The van der Waals surface area contributed by atoms with Gasteiger partial charge >= 0.3 is 5.97 Å². The zero-order chi connectivity index (χ0) is 14.9. The van der Waals surface area contributed by atoms with Crippen LogP contribution in [-0.2, 0) is 16.6 Å². The largest absolute Gasteiger partial charge is 0.475 e. The van der Waals surface area contributed by atoms with Crippen LogP contribution in [0, 0.1) is 0 Å². The molecule has 0 radical (unpaired) electrons. The maximum atomic E-state index is 12.1. The van der Waals surface area contributed by atoms with Gasteiger partial charge in [0.2, 0.25) is 15.8 Å². The summed E-state index contributed by atoms with van der Waals surface area (Å²) in [7, 11) is -3.86. The van der Waals surface area contributed by atoms with Crippen molar-refractivity contribution >= 4 is 59.2 Å². The molecule has 0 aliphatic carbocycles. The van der Waals surface area contributed by atoms with E-state index in [4.69, 9.17) is 9.52 Å². The lowest BCUT2D eigenvalue weighted by Gasteiger charge is -2.03. The second-order valence-electron chi connectivity index (χ2n) is 3.58. The number of carbonyl (C=O) groups is 1. The molecule has 0 aliphatic heterocycles. The van der Waals surface area contributed by atoms with Crippen LogP contribution in [0.15, 0.2) is 36.0 Å². The Bertz CT molecular complexity index is 750. The second-order valence-corrected chi connectivity index (χ2v) is 8.59. The molecule has 0 saturated carbocycles. The highest BCUT2D eigenvalue weighted by Crippen LogP contribution is 2.27. The predicted molar refractivity (Wildman–Crippen MR) is 79.4 cm³/mol. The molecule has 0 amide bonds. The van der Waals surface area contributed by atoms with E-state index in [0.717, 1.165) is 14.7 Å². The number of furan rings is 1. The third kappa shape index (κ3) is 3.50. The van der Waals surface area contributed by atoms with Crippen LogP contribution in [0.3, 0.4) is 0 Å². The highest BCUT2D eigenvalue weighted by molar-refractivity contribution is 9.11. The Morgan fingerprint density at radius 2 is 2.10 bits per heavy atom. The molecule has 108 valence electrons. The van der Waals surface area contributed by atoms with Gasteiger partial charge in [-0.15, -0.1) is 11.3 Å². The normalized spacial score (nSPS) is 11.7. The molecule has 20 heavy (non-hydrogen) atoms. The lowest BCUT2D eigenvalue weighted by molar-refractivity contribution is 0.0661. The van der Waals surface area contributed by atoms with Crippen LogP contribution in [0.5, 0.6) is 0 Å². The fraction of sp³-hybridized carbons (Fsp3) is 0.100. The van der Waals surface area contributed by atoms with Crippen molar-refractivity contribution in [3.8, 4) is 0 Å². The first-order valence-electron chi connectivity index (χ1n) is 5.06. The van der Waals surface area contributed by atoms with Crippen molar-refractivity contribution < 1.29 is 22.7 Å². The maximum Gasteiger partial charge on any atom is 0.371 e. The van der Waals surface area contributed by atoms with Gasteiger partial charge in [-0.25, -0.2) is 17.9 Å². The first-order valence-corrected chi connectivity index (χ1v) is 8.94. The van der Waals surface area contributed by atoms with Crippen molar-refractivity contribution in [1.82, 2.24) is 4.72 Å². The van der Waals surface area contributed by atoms with Gasteiger partial charge in [-0.05, 0) is 44.0 Å². The predicted octanol–water partition coefficient (Wildman–Crippen LogP) is 3.04. The van der Waals surface area contributed by atoms with Crippen molar-refractivity contribution in [1.29, 1.82) is 0 Å². The van der Waals surface area contributed by atoms with Crippen LogP contribution in [0.25, 0.3) is 0 Å². The molecular weight excluding hydrogens is 438 g/mol. The Labute approximate surface area is 135 Å². The number of aromatic carboxylic acids is 1. The zero-order valence-electron chi connectivity index (χ0n) is 9.59. The van der Waals surface area contributed by atoms with E-state index in [2.05, 4.69) is 36.6 Å². The van der Waals surface area contributed by atoms with Gasteiger partial charge in [0.15, 0.2) is 4.67 Å². The topological polar surface area (TPSA) is 96.6 Å². The molecule has 2 heterocycles. The molecule has 0 spiro atoms. The van der Waals surface area contributed by atoms with E-state index in [1.165, 1.54) is 11.3 Å².